The first kappa shape index (κ1) is 11.8. The van der Waals surface area contributed by atoms with Crippen molar-refractivity contribution < 1.29 is 0 Å². The monoisotopic (exact) mass is 240 g/mol. The maximum Gasteiger partial charge on any atom is 0.148 e. The number of nitrogens with two attached hydrogens (primary N) is 1. The molecule has 1 aromatic carbocycles. The fraction of sp³-hybridized carbons (Fsp3) is 0.0833. The van der Waals surface area contributed by atoms with Crippen molar-refractivity contribution in [1.29, 1.82) is 5.26 Å². The van der Waals surface area contributed by atoms with Crippen LogP contribution in [-0.4, -0.2) is 9.97 Å². The van der Waals surface area contributed by atoms with Gasteiger partial charge in [-0.15, -0.1) is 0 Å². The summed E-state index contributed by atoms with van der Waals surface area (Å²) in [5.74, 6) is 6.50. The lowest BCUT2D eigenvalue weighted by Gasteiger charge is -2.11. The number of para-hydroxylation sites is 1. The van der Waals surface area contributed by atoms with E-state index < -0.39 is 0 Å². The summed E-state index contributed by atoms with van der Waals surface area (Å²) in [6.45, 7) is 1.84. The maximum atomic E-state index is 9.01. The van der Waals surface area contributed by atoms with E-state index in [-0.39, 0.29) is 0 Å². The normalized spacial score (nSPS) is 9.61. The first-order chi connectivity index (χ1) is 8.76. The molecule has 0 unspecified atom stereocenters. The molecule has 0 spiro atoms. The molecule has 2 rings (SSSR count). The van der Waals surface area contributed by atoms with Gasteiger partial charge < -0.3 is 10.7 Å². The van der Waals surface area contributed by atoms with Crippen LogP contribution in [0.5, 0.6) is 0 Å². The third-order valence-electron chi connectivity index (χ3n) is 2.52. The van der Waals surface area contributed by atoms with E-state index in [2.05, 4.69) is 26.8 Å². The average molecular weight is 240 g/mol. The van der Waals surface area contributed by atoms with Crippen LogP contribution in [-0.2, 0) is 0 Å². The number of nitrogens with one attached hydrogen (secondary N) is 2. The predicted molar refractivity (Wildman–Crippen MR) is 69.0 cm³/mol. The van der Waals surface area contributed by atoms with E-state index in [1.807, 2.05) is 25.1 Å². The van der Waals surface area contributed by atoms with Crippen molar-refractivity contribution in [1.82, 2.24) is 9.97 Å². The molecule has 0 aliphatic carbocycles. The third-order valence-corrected chi connectivity index (χ3v) is 2.52. The Bertz CT molecular complexity index is 602. The highest BCUT2D eigenvalue weighted by Crippen LogP contribution is 2.23. The Kier molecular flexibility index (Phi) is 3.36. The highest BCUT2D eigenvalue weighted by molar-refractivity contribution is 5.68. The molecule has 90 valence electrons. The Morgan fingerprint density at radius 1 is 1.22 bits per heavy atom. The molecule has 2 aromatic rings. The number of hydrazine groups is 1. The van der Waals surface area contributed by atoms with Crippen LogP contribution in [0.25, 0.3) is 0 Å². The number of benzene rings is 1. The fourth-order valence-corrected chi connectivity index (χ4v) is 1.54. The second-order valence-electron chi connectivity index (χ2n) is 3.62. The molecule has 0 aliphatic rings. The number of nitriles is 1. The minimum Gasteiger partial charge on any atom is -0.339 e. The van der Waals surface area contributed by atoms with Crippen LogP contribution < -0.4 is 16.6 Å². The SMILES string of the molecule is Cc1c(NN)ncnc1Nc1ccccc1C#N. The molecule has 0 bridgehead atoms. The summed E-state index contributed by atoms with van der Waals surface area (Å²) >= 11 is 0. The number of rotatable bonds is 3. The minimum absolute atomic E-state index is 0.543. The lowest BCUT2D eigenvalue weighted by molar-refractivity contribution is 1.10. The van der Waals surface area contributed by atoms with Crippen LogP contribution in [0.4, 0.5) is 17.3 Å². The van der Waals surface area contributed by atoms with E-state index in [0.29, 0.717) is 22.9 Å². The Balaban J connectivity index is 2.38. The van der Waals surface area contributed by atoms with E-state index in [1.165, 1.54) is 6.33 Å². The first-order valence-electron chi connectivity index (χ1n) is 5.30. The Morgan fingerprint density at radius 3 is 2.67 bits per heavy atom. The van der Waals surface area contributed by atoms with Crippen LogP contribution in [0.1, 0.15) is 11.1 Å². The molecule has 0 radical (unpaired) electrons. The van der Waals surface area contributed by atoms with Gasteiger partial charge in [-0.25, -0.2) is 15.8 Å². The molecule has 0 saturated carbocycles. The standard InChI is InChI=1S/C12H12N6/c1-8-11(15-7-16-12(8)18-14)17-10-5-3-2-4-9(10)6-13/h2-5,7H,14H2,1H3,(H2,15,16,17,18). The molecule has 0 amide bonds. The van der Waals surface area contributed by atoms with Gasteiger partial charge >= 0.3 is 0 Å². The Hall–Kier alpha value is -2.65. The highest BCUT2D eigenvalue weighted by atomic mass is 15.3. The minimum atomic E-state index is 0.543. The van der Waals surface area contributed by atoms with E-state index >= 15 is 0 Å². The molecule has 0 aliphatic heterocycles. The molecule has 1 heterocycles. The Morgan fingerprint density at radius 2 is 1.94 bits per heavy atom. The Labute approximate surface area is 104 Å². The van der Waals surface area contributed by atoms with Crippen molar-refractivity contribution in [3.05, 3.63) is 41.7 Å². The van der Waals surface area contributed by atoms with Gasteiger partial charge in [0.1, 0.15) is 24.0 Å². The van der Waals surface area contributed by atoms with Gasteiger partial charge in [0.15, 0.2) is 0 Å². The molecule has 18 heavy (non-hydrogen) atoms. The largest absolute Gasteiger partial charge is 0.339 e. The lowest BCUT2D eigenvalue weighted by Crippen LogP contribution is -2.11. The van der Waals surface area contributed by atoms with Crippen molar-refractivity contribution in [2.24, 2.45) is 5.84 Å². The quantitative estimate of drug-likeness (QED) is 0.557. The number of hydrogen-bond donors (Lipinski definition) is 3. The summed E-state index contributed by atoms with van der Waals surface area (Å²) in [6.07, 6.45) is 1.40. The van der Waals surface area contributed by atoms with Gasteiger partial charge in [-0.3, -0.25) is 0 Å². The molecule has 1 aromatic heterocycles. The van der Waals surface area contributed by atoms with E-state index in [9.17, 15) is 0 Å². The van der Waals surface area contributed by atoms with Crippen molar-refractivity contribution in [2.75, 3.05) is 10.7 Å². The van der Waals surface area contributed by atoms with E-state index in [1.54, 1.807) is 6.07 Å². The number of nitrogens with zero attached hydrogens (tertiary/aromatic N) is 3. The summed E-state index contributed by atoms with van der Waals surface area (Å²) in [6, 6.07) is 9.33. The first-order valence-corrected chi connectivity index (χ1v) is 5.30. The highest BCUT2D eigenvalue weighted by Gasteiger charge is 2.08. The number of nitrogen functional groups attached to an aromatic ring is 1. The van der Waals surface area contributed by atoms with E-state index in [0.717, 1.165) is 5.56 Å². The van der Waals surface area contributed by atoms with Crippen LogP contribution in [0.2, 0.25) is 0 Å². The van der Waals surface area contributed by atoms with Crippen LogP contribution >= 0.6 is 0 Å². The van der Waals surface area contributed by atoms with Crippen molar-refractivity contribution >= 4 is 17.3 Å². The molecular weight excluding hydrogens is 228 g/mol. The predicted octanol–water partition coefficient (Wildman–Crippen LogP) is 1.69. The lowest BCUT2D eigenvalue weighted by atomic mass is 10.2. The molecule has 6 nitrogen and oxygen atoms in total. The zero-order valence-corrected chi connectivity index (χ0v) is 9.81. The number of anilines is 3. The molecule has 4 N–H and O–H groups in total. The zero-order valence-electron chi connectivity index (χ0n) is 9.81. The third kappa shape index (κ3) is 2.21. The topological polar surface area (TPSA) is 99.7 Å². The van der Waals surface area contributed by atoms with Gasteiger partial charge in [0, 0.05) is 5.56 Å². The summed E-state index contributed by atoms with van der Waals surface area (Å²) in [5.41, 5.74) is 4.53. The second kappa shape index (κ2) is 5.12. The zero-order chi connectivity index (χ0) is 13.0. The van der Waals surface area contributed by atoms with Gasteiger partial charge in [-0.2, -0.15) is 5.26 Å². The molecular formula is C12H12N6. The average Bonchev–Trinajstić information content (AvgIpc) is 2.42. The smallest absolute Gasteiger partial charge is 0.148 e. The van der Waals surface area contributed by atoms with Gasteiger partial charge in [0.25, 0.3) is 0 Å². The molecule has 0 saturated heterocycles. The summed E-state index contributed by atoms with van der Waals surface area (Å²) in [5, 5.41) is 12.1. The van der Waals surface area contributed by atoms with Crippen LogP contribution in [0.15, 0.2) is 30.6 Å². The van der Waals surface area contributed by atoms with Crippen LogP contribution in [0, 0.1) is 18.3 Å². The van der Waals surface area contributed by atoms with Crippen molar-refractivity contribution in [3.8, 4) is 6.07 Å². The maximum absolute atomic E-state index is 9.01. The van der Waals surface area contributed by atoms with Gasteiger partial charge in [-0.1, -0.05) is 12.1 Å². The summed E-state index contributed by atoms with van der Waals surface area (Å²) < 4.78 is 0. The number of aromatic nitrogens is 2. The van der Waals surface area contributed by atoms with Gasteiger partial charge in [0.2, 0.25) is 0 Å². The van der Waals surface area contributed by atoms with Crippen LogP contribution in [0.3, 0.4) is 0 Å². The fourth-order valence-electron chi connectivity index (χ4n) is 1.54. The molecule has 0 fully saturated rings. The summed E-state index contributed by atoms with van der Waals surface area (Å²) in [4.78, 5) is 8.12. The van der Waals surface area contributed by atoms with Gasteiger partial charge in [-0.05, 0) is 19.1 Å². The molecule has 6 heteroatoms. The van der Waals surface area contributed by atoms with Gasteiger partial charge in [0.05, 0.1) is 11.3 Å². The number of hydrogen-bond acceptors (Lipinski definition) is 6. The van der Waals surface area contributed by atoms with E-state index in [4.69, 9.17) is 11.1 Å². The van der Waals surface area contributed by atoms with Crippen molar-refractivity contribution in [2.45, 2.75) is 6.92 Å². The second-order valence-corrected chi connectivity index (χ2v) is 3.62. The molecule has 0 atom stereocenters. The van der Waals surface area contributed by atoms with Crippen molar-refractivity contribution in [3.63, 3.8) is 0 Å². The summed E-state index contributed by atoms with van der Waals surface area (Å²) in [7, 11) is 0.